The molecule has 11 heteroatoms. The van der Waals surface area contributed by atoms with E-state index < -0.39 is 40.3 Å². The van der Waals surface area contributed by atoms with Gasteiger partial charge in [-0.15, -0.1) is 0 Å². The van der Waals surface area contributed by atoms with Crippen LogP contribution < -0.4 is 11.1 Å². The second-order valence-electron chi connectivity index (χ2n) is 5.18. The van der Waals surface area contributed by atoms with E-state index in [-0.39, 0.29) is 5.56 Å². The van der Waals surface area contributed by atoms with Gasteiger partial charge in [-0.25, -0.2) is 9.18 Å². The molecule has 0 fully saturated rings. The van der Waals surface area contributed by atoms with Crippen LogP contribution in [0, 0.1) is 0 Å². The molecule has 6 nitrogen and oxygen atoms in total. The molecule has 0 aliphatic carbocycles. The lowest BCUT2D eigenvalue weighted by Crippen LogP contribution is -2.74. The molecule has 1 aliphatic rings. The average Bonchev–Trinajstić information content (AvgIpc) is 2.59. The zero-order valence-corrected chi connectivity index (χ0v) is 13.8. The minimum absolute atomic E-state index is 0.130. The van der Waals surface area contributed by atoms with E-state index in [4.69, 9.17) is 22.1 Å². The first-order chi connectivity index (χ1) is 11.6. The number of aromatic nitrogens is 1. The predicted octanol–water partition coefficient (Wildman–Crippen LogP) is 1.71. The second-order valence-corrected chi connectivity index (χ2v) is 5.56. The maximum atomic E-state index is 14.9. The summed E-state index contributed by atoms with van der Waals surface area (Å²) in [6, 6.07) is 2.62. The Bertz CT molecular complexity index is 700. The molecule has 2 heterocycles. The molecule has 1 aromatic heterocycles. The Hall–Kier alpha value is -1.91. The molecule has 1 aromatic rings. The maximum absolute atomic E-state index is 14.9. The highest BCUT2D eigenvalue weighted by molar-refractivity contribution is 6.33. The molecule has 0 spiro atoms. The summed E-state index contributed by atoms with van der Waals surface area (Å²) in [6.45, 7) is 0. The van der Waals surface area contributed by atoms with Crippen LogP contribution in [0.5, 0.6) is 0 Å². The highest BCUT2D eigenvalue weighted by Crippen LogP contribution is 2.49. The number of carbonyl (C=O) groups is 1. The highest BCUT2D eigenvalue weighted by Gasteiger charge is 2.71. The summed E-state index contributed by atoms with van der Waals surface area (Å²) in [5, 5.41) is 0.593. The monoisotopic (exact) mass is 383 g/mol. The molecule has 1 aliphatic heterocycles. The van der Waals surface area contributed by atoms with Crippen LogP contribution in [0.1, 0.15) is 5.56 Å². The van der Waals surface area contributed by atoms with Gasteiger partial charge in [0.2, 0.25) is 0 Å². The van der Waals surface area contributed by atoms with Crippen molar-refractivity contribution in [1.29, 1.82) is 0 Å². The third-order valence-electron chi connectivity index (χ3n) is 3.92. The van der Waals surface area contributed by atoms with Gasteiger partial charge in [0.05, 0.1) is 17.8 Å². The number of methoxy groups -OCH3 is 2. The van der Waals surface area contributed by atoms with Gasteiger partial charge in [0.15, 0.2) is 11.9 Å². The Morgan fingerprint density at radius 1 is 1.44 bits per heavy atom. The quantitative estimate of drug-likeness (QED) is 0.610. The van der Waals surface area contributed by atoms with Crippen molar-refractivity contribution in [2.75, 3.05) is 14.2 Å². The number of rotatable bonds is 3. The lowest BCUT2D eigenvalue weighted by Gasteiger charge is -2.48. The summed E-state index contributed by atoms with van der Waals surface area (Å²) in [5.41, 5.74) is -1.72. The molecule has 25 heavy (non-hydrogen) atoms. The molecular formula is C14H14ClF4N3O3. The van der Waals surface area contributed by atoms with Crippen molar-refractivity contribution >= 4 is 17.6 Å². The Labute approximate surface area is 144 Å². The average molecular weight is 384 g/mol. The zero-order chi connectivity index (χ0) is 19.0. The SMILES string of the molecule is COC(=O)C1(C(F)(F)F)NC(OC)(c2cccnc2)C(F)C(N)=C1Cl. The van der Waals surface area contributed by atoms with Crippen molar-refractivity contribution in [3.8, 4) is 0 Å². The van der Waals surface area contributed by atoms with Crippen LogP contribution >= 0.6 is 11.6 Å². The van der Waals surface area contributed by atoms with Gasteiger partial charge in [-0.05, 0) is 6.07 Å². The Kier molecular flexibility index (Phi) is 4.99. The fourth-order valence-corrected chi connectivity index (χ4v) is 2.95. The largest absolute Gasteiger partial charge is 0.467 e. The van der Waals surface area contributed by atoms with Gasteiger partial charge in [-0.3, -0.25) is 10.3 Å². The molecule has 3 atom stereocenters. The smallest absolute Gasteiger partial charge is 0.422 e. The van der Waals surface area contributed by atoms with E-state index >= 15 is 0 Å². The lowest BCUT2D eigenvalue weighted by molar-refractivity contribution is -0.228. The van der Waals surface area contributed by atoms with E-state index in [0.717, 1.165) is 20.4 Å². The summed E-state index contributed by atoms with van der Waals surface area (Å²) < 4.78 is 65.8. The van der Waals surface area contributed by atoms with E-state index in [1.54, 1.807) is 0 Å². The lowest BCUT2D eigenvalue weighted by atomic mass is 9.83. The third-order valence-corrected chi connectivity index (χ3v) is 4.42. The van der Waals surface area contributed by atoms with E-state index in [2.05, 4.69) is 9.72 Å². The molecule has 0 saturated heterocycles. The molecule has 3 unspecified atom stereocenters. The van der Waals surface area contributed by atoms with Crippen LogP contribution in [0.15, 0.2) is 35.3 Å². The molecule has 0 amide bonds. The Morgan fingerprint density at radius 2 is 2.08 bits per heavy atom. The van der Waals surface area contributed by atoms with E-state index in [1.165, 1.54) is 18.3 Å². The summed E-state index contributed by atoms with van der Waals surface area (Å²) in [6.07, 6.45) is -5.25. The minimum atomic E-state index is -5.31. The molecule has 3 N–H and O–H groups in total. The second kappa shape index (κ2) is 6.43. The first kappa shape index (κ1) is 19.4. The first-order valence-corrected chi connectivity index (χ1v) is 7.16. The number of nitrogens with zero attached hydrogens (tertiary/aromatic N) is 1. The highest BCUT2D eigenvalue weighted by atomic mass is 35.5. The van der Waals surface area contributed by atoms with Gasteiger partial charge in [0.1, 0.15) is 0 Å². The van der Waals surface area contributed by atoms with E-state index in [0.29, 0.717) is 0 Å². The standard InChI is InChI=1S/C14H14ClF4N3O3/c1-24-11(23)12(14(17,18)19)9(15)8(20)10(16)13(22-12,25-2)7-4-3-5-21-6-7/h3-6,10,22H,20H2,1-2H3. The normalized spacial score (nSPS) is 30.3. The first-order valence-electron chi connectivity index (χ1n) is 6.78. The van der Waals surface area contributed by atoms with Crippen LogP contribution in [-0.4, -0.2) is 43.1 Å². The molecule has 2 rings (SSSR count). The number of carbonyl (C=O) groups excluding carboxylic acids is 1. The predicted molar refractivity (Wildman–Crippen MR) is 78.8 cm³/mol. The Morgan fingerprint density at radius 3 is 2.52 bits per heavy atom. The fraction of sp³-hybridized carbons (Fsp3) is 0.429. The van der Waals surface area contributed by atoms with Gasteiger partial charge in [-0.1, -0.05) is 17.7 Å². The van der Waals surface area contributed by atoms with Crippen LogP contribution in [0.4, 0.5) is 17.6 Å². The van der Waals surface area contributed by atoms with E-state index in [9.17, 15) is 22.4 Å². The number of alkyl halides is 4. The molecule has 0 radical (unpaired) electrons. The van der Waals surface area contributed by atoms with Gasteiger partial charge >= 0.3 is 12.1 Å². The van der Waals surface area contributed by atoms with Crippen molar-refractivity contribution < 1.29 is 31.8 Å². The summed E-state index contributed by atoms with van der Waals surface area (Å²) in [5.74, 6) is -1.81. The van der Waals surface area contributed by atoms with Crippen molar-refractivity contribution in [1.82, 2.24) is 10.3 Å². The number of pyridine rings is 1. The zero-order valence-electron chi connectivity index (χ0n) is 13.0. The van der Waals surface area contributed by atoms with Crippen molar-refractivity contribution in [3.63, 3.8) is 0 Å². The van der Waals surface area contributed by atoms with Crippen molar-refractivity contribution in [2.24, 2.45) is 5.73 Å². The molecule has 0 saturated carbocycles. The van der Waals surface area contributed by atoms with Crippen LogP contribution in [0.3, 0.4) is 0 Å². The number of esters is 1. The number of hydrogen-bond donors (Lipinski definition) is 2. The summed E-state index contributed by atoms with van der Waals surface area (Å²) in [7, 11) is 1.69. The topological polar surface area (TPSA) is 86.5 Å². The summed E-state index contributed by atoms with van der Waals surface area (Å²) in [4.78, 5) is 15.8. The van der Waals surface area contributed by atoms with E-state index in [1.807, 2.05) is 5.32 Å². The van der Waals surface area contributed by atoms with Gasteiger partial charge in [0.25, 0.3) is 5.54 Å². The molecule has 0 aromatic carbocycles. The van der Waals surface area contributed by atoms with Crippen molar-refractivity contribution in [3.05, 3.63) is 40.8 Å². The number of ether oxygens (including phenoxy) is 2. The third kappa shape index (κ3) is 2.64. The van der Waals surface area contributed by atoms with Crippen LogP contribution in [0.2, 0.25) is 0 Å². The molecule has 0 bridgehead atoms. The van der Waals surface area contributed by atoms with Gasteiger partial charge in [-0.2, -0.15) is 13.2 Å². The number of nitrogens with two attached hydrogens (primary N) is 1. The fourth-order valence-electron chi connectivity index (χ4n) is 2.62. The molecule has 138 valence electrons. The number of halogens is 5. The van der Waals surface area contributed by atoms with Gasteiger partial charge in [0, 0.05) is 25.1 Å². The number of nitrogens with one attached hydrogen (secondary N) is 1. The Balaban J connectivity index is 2.82. The maximum Gasteiger partial charge on any atom is 0.422 e. The number of hydrogen-bond acceptors (Lipinski definition) is 6. The van der Waals surface area contributed by atoms with Crippen molar-refractivity contribution in [2.45, 2.75) is 23.6 Å². The van der Waals surface area contributed by atoms with Gasteiger partial charge < -0.3 is 15.2 Å². The molecular weight excluding hydrogens is 370 g/mol. The minimum Gasteiger partial charge on any atom is -0.467 e. The summed E-state index contributed by atoms with van der Waals surface area (Å²) >= 11 is 5.67. The van der Waals surface area contributed by atoms with Crippen LogP contribution in [-0.2, 0) is 20.0 Å². The van der Waals surface area contributed by atoms with Crippen LogP contribution in [0.25, 0.3) is 0 Å².